The van der Waals surface area contributed by atoms with Crippen molar-refractivity contribution < 1.29 is 4.74 Å². The molecule has 102 valence electrons. The summed E-state index contributed by atoms with van der Waals surface area (Å²) in [6, 6.07) is 10.1. The van der Waals surface area contributed by atoms with E-state index in [-0.39, 0.29) is 0 Å². The van der Waals surface area contributed by atoms with Gasteiger partial charge in [0.1, 0.15) is 5.75 Å². The summed E-state index contributed by atoms with van der Waals surface area (Å²) in [4.78, 5) is 0. The molecule has 18 heavy (non-hydrogen) atoms. The molecule has 2 unspecified atom stereocenters. The lowest BCUT2D eigenvalue weighted by Gasteiger charge is -2.20. The van der Waals surface area contributed by atoms with Crippen LogP contribution in [0.25, 0.3) is 0 Å². The van der Waals surface area contributed by atoms with Crippen LogP contribution in [0.5, 0.6) is 5.75 Å². The smallest absolute Gasteiger partial charge is 0.119 e. The molecule has 2 atom stereocenters. The molecule has 0 amide bonds. The first-order chi connectivity index (χ1) is 8.74. The minimum absolute atomic E-state index is 0.738. The van der Waals surface area contributed by atoms with Gasteiger partial charge in [0, 0.05) is 0 Å². The van der Waals surface area contributed by atoms with Crippen molar-refractivity contribution in [3.63, 3.8) is 0 Å². The predicted molar refractivity (Wildman–Crippen MR) is 78.0 cm³/mol. The van der Waals surface area contributed by atoms with E-state index in [0.29, 0.717) is 0 Å². The van der Waals surface area contributed by atoms with Gasteiger partial charge in [0.25, 0.3) is 0 Å². The van der Waals surface area contributed by atoms with Gasteiger partial charge in [-0.1, -0.05) is 39.0 Å². The van der Waals surface area contributed by atoms with E-state index in [4.69, 9.17) is 4.74 Å². The molecule has 0 radical (unpaired) electrons. The van der Waals surface area contributed by atoms with Gasteiger partial charge in [0.05, 0.1) is 6.61 Å². The van der Waals surface area contributed by atoms with E-state index in [1.807, 2.05) is 30.3 Å². The number of hydrogen-bond acceptors (Lipinski definition) is 2. The molecule has 0 bridgehead atoms. The molecule has 0 aromatic heterocycles. The molecule has 1 rings (SSSR count). The molecule has 2 nitrogen and oxygen atoms in total. The fourth-order valence-electron chi connectivity index (χ4n) is 1.97. The van der Waals surface area contributed by atoms with E-state index in [9.17, 15) is 0 Å². The third-order valence-corrected chi connectivity index (χ3v) is 3.50. The van der Waals surface area contributed by atoms with Crippen LogP contribution in [-0.2, 0) is 0 Å². The number of hydrogen-bond donors (Lipinski definition) is 1. The van der Waals surface area contributed by atoms with Crippen molar-refractivity contribution in [2.24, 2.45) is 11.8 Å². The molecule has 0 aliphatic heterocycles. The average Bonchev–Trinajstić information content (AvgIpc) is 2.41. The lowest BCUT2D eigenvalue weighted by Crippen LogP contribution is -2.25. The van der Waals surface area contributed by atoms with Crippen molar-refractivity contribution in [2.45, 2.75) is 33.6 Å². The standard InChI is InChI=1S/C16H27NO/c1-4-17-13-15(3)14(2)9-8-12-18-16-10-6-5-7-11-16/h5-7,10-11,14-15,17H,4,8-9,12-13H2,1-3H3. The van der Waals surface area contributed by atoms with Crippen molar-refractivity contribution in [2.75, 3.05) is 19.7 Å². The van der Waals surface area contributed by atoms with Crippen LogP contribution >= 0.6 is 0 Å². The molecular weight excluding hydrogens is 222 g/mol. The van der Waals surface area contributed by atoms with Gasteiger partial charge in [-0.25, -0.2) is 0 Å². The quantitative estimate of drug-likeness (QED) is 0.673. The van der Waals surface area contributed by atoms with Gasteiger partial charge in [-0.15, -0.1) is 0 Å². The highest BCUT2D eigenvalue weighted by Crippen LogP contribution is 2.17. The molecule has 0 aliphatic carbocycles. The lowest BCUT2D eigenvalue weighted by molar-refractivity contribution is 0.272. The van der Waals surface area contributed by atoms with Crippen LogP contribution < -0.4 is 10.1 Å². The summed E-state index contributed by atoms with van der Waals surface area (Å²) in [7, 11) is 0. The molecule has 0 fully saturated rings. The van der Waals surface area contributed by atoms with Gasteiger partial charge in [-0.05, 0) is 49.9 Å². The Hall–Kier alpha value is -1.02. The van der Waals surface area contributed by atoms with Gasteiger partial charge in [0.2, 0.25) is 0 Å². The fraction of sp³-hybridized carbons (Fsp3) is 0.625. The zero-order valence-corrected chi connectivity index (χ0v) is 12.0. The first-order valence-electron chi connectivity index (χ1n) is 7.12. The highest BCUT2D eigenvalue weighted by molar-refractivity contribution is 5.20. The Morgan fingerprint density at radius 2 is 1.83 bits per heavy atom. The Kier molecular flexibility index (Phi) is 7.51. The molecule has 1 aromatic carbocycles. The zero-order valence-electron chi connectivity index (χ0n) is 12.0. The summed E-state index contributed by atoms with van der Waals surface area (Å²) in [5.41, 5.74) is 0. The third kappa shape index (κ3) is 6.06. The Balaban J connectivity index is 2.10. The van der Waals surface area contributed by atoms with Crippen LogP contribution in [-0.4, -0.2) is 19.7 Å². The molecule has 1 aromatic rings. The number of benzene rings is 1. The Morgan fingerprint density at radius 1 is 1.11 bits per heavy atom. The summed E-state index contributed by atoms with van der Waals surface area (Å²) in [5.74, 6) is 2.47. The molecule has 0 saturated carbocycles. The van der Waals surface area contributed by atoms with Crippen LogP contribution in [0, 0.1) is 11.8 Å². The number of nitrogens with one attached hydrogen (secondary N) is 1. The van der Waals surface area contributed by atoms with Crippen LogP contribution in [0.4, 0.5) is 0 Å². The molecule has 0 saturated heterocycles. The van der Waals surface area contributed by atoms with E-state index in [0.717, 1.165) is 43.7 Å². The number of para-hydroxylation sites is 1. The lowest BCUT2D eigenvalue weighted by atomic mass is 9.91. The maximum atomic E-state index is 5.70. The van der Waals surface area contributed by atoms with E-state index in [1.54, 1.807) is 0 Å². The maximum absolute atomic E-state index is 5.70. The average molecular weight is 249 g/mol. The van der Waals surface area contributed by atoms with Gasteiger partial charge in [-0.2, -0.15) is 0 Å². The van der Waals surface area contributed by atoms with Crippen LogP contribution in [0.3, 0.4) is 0 Å². The normalized spacial score (nSPS) is 14.2. The van der Waals surface area contributed by atoms with E-state index < -0.39 is 0 Å². The maximum Gasteiger partial charge on any atom is 0.119 e. The molecule has 0 heterocycles. The second-order valence-corrected chi connectivity index (χ2v) is 5.07. The molecule has 0 aliphatic rings. The number of rotatable bonds is 9. The Labute approximate surface area is 112 Å². The Bertz CT molecular complexity index is 299. The topological polar surface area (TPSA) is 21.3 Å². The molecular formula is C16H27NO. The summed E-state index contributed by atoms with van der Waals surface area (Å²) < 4.78 is 5.70. The van der Waals surface area contributed by atoms with Gasteiger partial charge >= 0.3 is 0 Å². The van der Waals surface area contributed by atoms with Crippen molar-refractivity contribution >= 4 is 0 Å². The highest BCUT2D eigenvalue weighted by Gasteiger charge is 2.11. The molecule has 1 N–H and O–H groups in total. The van der Waals surface area contributed by atoms with Crippen LogP contribution in [0.1, 0.15) is 33.6 Å². The second kappa shape index (κ2) is 8.98. The van der Waals surface area contributed by atoms with Crippen molar-refractivity contribution in [3.8, 4) is 5.75 Å². The minimum Gasteiger partial charge on any atom is -0.494 e. The summed E-state index contributed by atoms with van der Waals surface area (Å²) in [5, 5.41) is 3.41. The van der Waals surface area contributed by atoms with Gasteiger partial charge < -0.3 is 10.1 Å². The van der Waals surface area contributed by atoms with Crippen LogP contribution in [0.2, 0.25) is 0 Å². The van der Waals surface area contributed by atoms with Crippen molar-refractivity contribution in [1.29, 1.82) is 0 Å². The molecule has 2 heteroatoms. The van der Waals surface area contributed by atoms with Crippen molar-refractivity contribution in [1.82, 2.24) is 5.32 Å². The SMILES string of the molecule is CCNCC(C)C(C)CCCOc1ccccc1. The number of ether oxygens (including phenoxy) is 1. The first kappa shape index (κ1) is 15.0. The fourth-order valence-corrected chi connectivity index (χ4v) is 1.97. The van der Waals surface area contributed by atoms with Gasteiger partial charge in [0.15, 0.2) is 0 Å². The van der Waals surface area contributed by atoms with E-state index in [1.165, 1.54) is 6.42 Å². The zero-order chi connectivity index (χ0) is 13.2. The summed E-state index contributed by atoms with van der Waals surface area (Å²) in [6.45, 7) is 9.83. The summed E-state index contributed by atoms with van der Waals surface area (Å²) >= 11 is 0. The van der Waals surface area contributed by atoms with E-state index >= 15 is 0 Å². The molecule has 0 spiro atoms. The second-order valence-electron chi connectivity index (χ2n) is 5.07. The largest absolute Gasteiger partial charge is 0.494 e. The van der Waals surface area contributed by atoms with Crippen molar-refractivity contribution in [3.05, 3.63) is 30.3 Å². The monoisotopic (exact) mass is 249 g/mol. The predicted octanol–water partition coefficient (Wildman–Crippen LogP) is 3.73. The van der Waals surface area contributed by atoms with Crippen LogP contribution in [0.15, 0.2) is 30.3 Å². The minimum atomic E-state index is 0.738. The van der Waals surface area contributed by atoms with Gasteiger partial charge in [-0.3, -0.25) is 0 Å². The Morgan fingerprint density at radius 3 is 2.50 bits per heavy atom. The first-order valence-corrected chi connectivity index (χ1v) is 7.12. The summed E-state index contributed by atoms with van der Waals surface area (Å²) in [6.07, 6.45) is 2.37. The highest BCUT2D eigenvalue weighted by atomic mass is 16.5. The third-order valence-electron chi connectivity index (χ3n) is 3.50. The van der Waals surface area contributed by atoms with E-state index in [2.05, 4.69) is 26.1 Å².